The highest BCUT2D eigenvalue weighted by Crippen LogP contribution is 2.22. The van der Waals surface area contributed by atoms with Gasteiger partial charge in [0, 0.05) is 0 Å². The summed E-state index contributed by atoms with van der Waals surface area (Å²) in [4.78, 5) is 0. The second-order valence-electron chi connectivity index (χ2n) is 4.42. The van der Waals surface area contributed by atoms with E-state index in [9.17, 15) is 0 Å². The van der Waals surface area contributed by atoms with Crippen molar-refractivity contribution in [2.75, 3.05) is 7.05 Å². The molecule has 0 saturated carbocycles. The van der Waals surface area contributed by atoms with Crippen LogP contribution in [0.4, 0.5) is 0 Å². The van der Waals surface area contributed by atoms with Crippen LogP contribution in [0, 0.1) is 0 Å². The molecule has 0 aliphatic heterocycles. The molecule has 13 heavy (non-hydrogen) atoms. The van der Waals surface area contributed by atoms with E-state index < -0.39 is 0 Å². The zero-order chi connectivity index (χ0) is 9.90. The third-order valence-electron chi connectivity index (χ3n) is 2.16. The van der Waals surface area contributed by atoms with Crippen molar-refractivity contribution in [3.05, 3.63) is 40.7 Å². The lowest BCUT2D eigenvalue weighted by molar-refractivity contribution is 0.590. The van der Waals surface area contributed by atoms with Crippen LogP contribution in [0.1, 0.15) is 31.9 Å². The van der Waals surface area contributed by atoms with Gasteiger partial charge in [-0.1, -0.05) is 50.6 Å². The topological polar surface area (TPSA) is 14.1 Å². The van der Waals surface area contributed by atoms with Crippen LogP contribution < -0.4 is 0 Å². The Kier molecular flexibility index (Phi) is 3.10. The van der Waals surface area contributed by atoms with Gasteiger partial charge >= 0.3 is 0 Å². The van der Waals surface area contributed by atoms with Gasteiger partial charge in [0.1, 0.15) is 0 Å². The smallest absolute Gasteiger partial charge is 0.0132 e. The molecule has 0 spiro atoms. The minimum atomic E-state index is 0.252. The number of hydrogen-bond donors (Lipinski definition) is 0. The summed E-state index contributed by atoms with van der Waals surface area (Å²) >= 11 is 0. The fourth-order valence-corrected chi connectivity index (χ4v) is 1.29. The summed E-state index contributed by atoms with van der Waals surface area (Å²) in [7, 11) is 1.84. The molecule has 0 radical (unpaired) electrons. The van der Waals surface area contributed by atoms with E-state index >= 15 is 0 Å². The van der Waals surface area contributed by atoms with Gasteiger partial charge in [0.15, 0.2) is 0 Å². The molecule has 1 aromatic rings. The molecule has 0 amide bonds. The van der Waals surface area contributed by atoms with E-state index in [0.717, 1.165) is 6.54 Å². The normalized spacial score (nSPS) is 11.7. The van der Waals surface area contributed by atoms with Gasteiger partial charge in [0.25, 0.3) is 0 Å². The molecule has 1 rings (SSSR count). The average Bonchev–Trinajstić information content (AvgIpc) is 2.04. The first kappa shape index (κ1) is 10.3. The van der Waals surface area contributed by atoms with Crippen LogP contribution in [0.3, 0.4) is 0 Å². The van der Waals surface area contributed by atoms with Crippen molar-refractivity contribution in [3.8, 4) is 0 Å². The molecule has 0 bridgehead atoms. The fraction of sp³-hybridized carbons (Fsp3) is 0.500. The van der Waals surface area contributed by atoms with Gasteiger partial charge in [-0.2, -0.15) is 7.05 Å². The Morgan fingerprint density at radius 2 is 1.62 bits per heavy atom. The van der Waals surface area contributed by atoms with Gasteiger partial charge in [0.05, 0.1) is 0 Å². The van der Waals surface area contributed by atoms with Crippen LogP contribution in [0.15, 0.2) is 24.3 Å². The molecular formula is C12H18N-. The molecular weight excluding hydrogens is 158 g/mol. The van der Waals surface area contributed by atoms with E-state index in [2.05, 4.69) is 50.4 Å². The second-order valence-corrected chi connectivity index (χ2v) is 4.42. The maximum atomic E-state index is 4.10. The summed E-state index contributed by atoms with van der Waals surface area (Å²) in [6.07, 6.45) is 0. The van der Waals surface area contributed by atoms with Crippen LogP contribution in [0.25, 0.3) is 5.32 Å². The van der Waals surface area contributed by atoms with Crippen molar-refractivity contribution in [1.82, 2.24) is 0 Å². The predicted molar refractivity (Wildman–Crippen MR) is 58.1 cm³/mol. The lowest BCUT2D eigenvalue weighted by Crippen LogP contribution is -2.10. The molecule has 0 saturated heterocycles. The van der Waals surface area contributed by atoms with E-state index in [1.807, 2.05) is 7.05 Å². The van der Waals surface area contributed by atoms with Crippen molar-refractivity contribution in [2.24, 2.45) is 0 Å². The monoisotopic (exact) mass is 176 g/mol. The molecule has 0 N–H and O–H groups in total. The average molecular weight is 176 g/mol. The van der Waals surface area contributed by atoms with E-state index in [-0.39, 0.29) is 5.41 Å². The van der Waals surface area contributed by atoms with E-state index in [0.29, 0.717) is 0 Å². The summed E-state index contributed by atoms with van der Waals surface area (Å²) in [5.41, 5.74) is 2.92. The maximum absolute atomic E-state index is 4.10. The zero-order valence-electron chi connectivity index (χ0n) is 8.96. The molecule has 0 aromatic heterocycles. The van der Waals surface area contributed by atoms with Gasteiger partial charge in [-0.15, -0.1) is 6.54 Å². The minimum Gasteiger partial charge on any atom is -0.661 e. The van der Waals surface area contributed by atoms with Gasteiger partial charge in [-0.25, -0.2) is 0 Å². The summed E-state index contributed by atoms with van der Waals surface area (Å²) in [5.74, 6) is 0. The fourth-order valence-electron chi connectivity index (χ4n) is 1.29. The molecule has 0 aliphatic carbocycles. The SMILES string of the molecule is C[N-]Cc1ccc(C(C)(C)C)cc1. The standard InChI is InChI=1S/C12H18N/c1-12(2,3)11-7-5-10(6-8-11)9-13-4/h5-8H,9H2,1-4H3/q-1. The van der Waals surface area contributed by atoms with Crippen molar-refractivity contribution in [2.45, 2.75) is 32.7 Å². The maximum Gasteiger partial charge on any atom is -0.0132 e. The molecule has 0 aliphatic rings. The predicted octanol–water partition coefficient (Wildman–Crippen LogP) is 3.49. The largest absolute Gasteiger partial charge is 0.661 e. The van der Waals surface area contributed by atoms with Crippen LogP contribution in [-0.2, 0) is 12.0 Å². The summed E-state index contributed by atoms with van der Waals surface area (Å²) in [5, 5.41) is 4.10. The Bertz CT molecular complexity index is 253. The number of hydrogen-bond acceptors (Lipinski definition) is 0. The van der Waals surface area contributed by atoms with Crippen molar-refractivity contribution >= 4 is 0 Å². The molecule has 1 aromatic carbocycles. The van der Waals surface area contributed by atoms with E-state index in [1.165, 1.54) is 11.1 Å². The quantitative estimate of drug-likeness (QED) is 0.655. The van der Waals surface area contributed by atoms with Crippen LogP contribution in [0.5, 0.6) is 0 Å². The van der Waals surface area contributed by atoms with Crippen LogP contribution in [0.2, 0.25) is 0 Å². The Balaban J connectivity index is 2.81. The summed E-state index contributed by atoms with van der Waals surface area (Å²) < 4.78 is 0. The molecule has 0 fully saturated rings. The Morgan fingerprint density at radius 3 is 2.00 bits per heavy atom. The Hall–Kier alpha value is -0.820. The molecule has 0 heterocycles. The molecule has 0 unspecified atom stereocenters. The first-order chi connectivity index (χ1) is 6.04. The number of nitrogens with zero attached hydrogens (tertiary/aromatic N) is 1. The minimum absolute atomic E-state index is 0.252. The van der Waals surface area contributed by atoms with Gasteiger partial charge in [-0.05, 0) is 11.0 Å². The highest BCUT2D eigenvalue weighted by molar-refractivity contribution is 5.28. The van der Waals surface area contributed by atoms with E-state index in [4.69, 9.17) is 0 Å². The third kappa shape index (κ3) is 2.85. The van der Waals surface area contributed by atoms with Gasteiger partial charge in [0.2, 0.25) is 0 Å². The summed E-state index contributed by atoms with van der Waals surface area (Å²) in [6.45, 7) is 7.51. The van der Waals surface area contributed by atoms with Crippen LogP contribution in [-0.4, -0.2) is 7.05 Å². The molecule has 0 atom stereocenters. The first-order valence-corrected chi connectivity index (χ1v) is 4.69. The molecule has 1 heteroatoms. The molecule has 1 nitrogen and oxygen atoms in total. The lowest BCUT2D eigenvalue weighted by atomic mass is 9.87. The Morgan fingerprint density at radius 1 is 1.08 bits per heavy atom. The van der Waals surface area contributed by atoms with Crippen molar-refractivity contribution in [1.29, 1.82) is 0 Å². The highest BCUT2D eigenvalue weighted by Gasteiger charge is 2.11. The Labute approximate surface area is 81.2 Å². The van der Waals surface area contributed by atoms with Gasteiger partial charge in [-0.3, -0.25) is 0 Å². The van der Waals surface area contributed by atoms with Crippen LogP contribution >= 0.6 is 0 Å². The van der Waals surface area contributed by atoms with E-state index in [1.54, 1.807) is 0 Å². The number of rotatable bonds is 2. The molecule has 72 valence electrons. The summed E-state index contributed by atoms with van der Waals surface area (Å²) in [6, 6.07) is 8.71. The highest BCUT2D eigenvalue weighted by atomic mass is 14.8. The first-order valence-electron chi connectivity index (χ1n) is 4.69. The zero-order valence-corrected chi connectivity index (χ0v) is 8.96. The second kappa shape index (κ2) is 3.93. The van der Waals surface area contributed by atoms with Crippen molar-refractivity contribution in [3.63, 3.8) is 0 Å². The number of benzene rings is 1. The third-order valence-corrected chi connectivity index (χ3v) is 2.16. The van der Waals surface area contributed by atoms with Gasteiger partial charge < -0.3 is 5.32 Å². The van der Waals surface area contributed by atoms with Crippen molar-refractivity contribution < 1.29 is 0 Å². The lowest BCUT2D eigenvalue weighted by Gasteiger charge is -2.20.